The van der Waals surface area contributed by atoms with Gasteiger partial charge in [0.1, 0.15) is 5.69 Å². The molecule has 6 heteroatoms. The normalized spacial score (nSPS) is 20.1. The highest BCUT2D eigenvalue weighted by molar-refractivity contribution is 9.10. The van der Waals surface area contributed by atoms with Crippen LogP contribution < -0.4 is 4.90 Å². The van der Waals surface area contributed by atoms with E-state index in [0.29, 0.717) is 29.7 Å². The van der Waals surface area contributed by atoms with Crippen LogP contribution in [0.2, 0.25) is 0 Å². The predicted octanol–water partition coefficient (Wildman–Crippen LogP) is 1.93. The topological polar surface area (TPSA) is 66.6 Å². The van der Waals surface area contributed by atoms with Gasteiger partial charge in [0.15, 0.2) is 0 Å². The van der Waals surface area contributed by atoms with Gasteiger partial charge < -0.3 is 10.0 Å². The highest BCUT2D eigenvalue weighted by Gasteiger charge is 2.26. The quantitative estimate of drug-likeness (QED) is 0.666. The molecule has 0 aromatic heterocycles. The number of hydrogen-bond donors (Lipinski definition) is 1. The fraction of sp³-hybridized carbons (Fsp3) is 0.400. The molecular formula is C10H11BrN2O3. The Bertz CT molecular complexity index is 425. The van der Waals surface area contributed by atoms with Gasteiger partial charge in [0.25, 0.3) is 5.69 Å². The van der Waals surface area contributed by atoms with E-state index in [2.05, 4.69) is 15.9 Å². The fourth-order valence-electron chi connectivity index (χ4n) is 1.87. The number of β-amino-alcohol motifs (C(OH)–C–C–N with tert-alkyl or cyclic N) is 1. The zero-order valence-corrected chi connectivity index (χ0v) is 10.1. The van der Waals surface area contributed by atoms with Gasteiger partial charge in [0.2, 0.25) is 0 Å². The van der Waals surface area contributed by atoms with Crippen molar-refractivity contribution in [2.24, 2.45) is 0 Å². The van der Waals surface area contributed by atoms with E-state index in [1.54, 1.807) is 12.1 Å². The Balaban J connectivity index is 2.36. The number of nitrogens with zero attached hydrogens (tertiary/aromatic N) is 2. The molecule has 1 aliphatic heterocycles. The summed E-state index contributed by atoms with van der Waals surface area (Å²) in [4.78, 5) is 12.4. The van der Waals surface area contributed by atoms with Crippen molar-refractivity contribution >= 4 is 27.3 Å². The Kier molecular flexibility index (Phi) is 3.11. The van der Waals surface area contributed by atoms with Gasteiger partial charge >= 0.3 is 0 Å². The number of anilines is 1. The number of halogens is 1. The lowest BCUT2D eigenvalue weighted by Crippen LogP contribution is -2.22. The smallest absolute Gasteiger partial charge is 0.293 e. The number of aliphatic hydroxyl groups is 1. The van der Waals surface area contributed by atoms with Gasteiger partial charge in [-0.15, -0.1) is 0 Å². The minimum atomic E-state index is -0.398. The average Bonchev–Trinajstić information content (AvgIpc) is 2.64. The van der Waals surface area contributed by atoms with Crippen molar-refractivity contribution in [1.29, 1.82) is 0 Å². The number of nitro benzene ring substituents is 1. The summed E-state index contributed by atoms with van der Waals surface area (Å²) in [7, 11) is 0. The minimum absolute atomic E-state index is 0.0727. The summed E-state index contributed by atoms with van der Waals surface area (Å²) in [6, 6.07) is 4.97. The third-order valence-electron chi connectivity index (χ3n) is 2.64. The van der Waals surface area contributed by atoms with Crippen molar-refractivity contribution in [1.82, 2.24) is 0 Å². The van der Waals surface area contributed by atoms with Gasteiger partial charge in [-0.05, 0) is 18.6 Å². The van der Waals surface area contributed by atoms with Crippen LogP contribution in [-0.2, 0) is 0 Å². The standard InChI is InChI=1S/C10H11BrN2O3/c11-7-1-2-9(10(5-7)13(15)16)12-4-3-8(14)6-12/h1-2,5,8,14H,3-4,6H2. The second-order valence-corrected chi connectivity index (χ2v) is 4.69. The second-order valence-electron chi connectivity index (χ2n) is 3.78. The summed E-state index contributed by atoms with van der Waals surface area (Å²) in [5, 5.41) is 20.3. The maximum atomic E-state index is 10.9. The van der Waals surface area contributed by atoms with E-state index in [1.807, 2.05) is 4.90 Å². The van der Waals surface area contributed by atoms with Crippen LogP contribution in [0.25, 0.3) is 0 Å². The molecule has 0 spiro atoms. The van der Waals surface area contributed by atoms with Crippen molar-refractivity contribution in [3.8, 4) is 0 Å². The van der Waals surface area contributed by atoms with Gasteiger partial charge in [0, 0.05) is 23.6 Å². The number of nitro groups is 1. The van der Waals surface area contributed by atoms with Gasteiger partial charge in [-0.1, -0.05) is 15.9 Å². The van der Waals surface area contributed by atoms with Crippen molar-refractivity contribution in [2.75, 3.05) is 18.0 Å². The summed E-state index contributed by atoms with van der Waals surface area (Å²) in [5.41, 5.74) is 0.647. The van der Waals surface area contributed by atoms with Crippen LogP contribution in [0, 0.1) is 10.1 Å². The van der Waals surface area contributed by atoms with Crippen molar-refractivity contribution in [3.05, 3.63) is 32.8 Å². The molecule has 0 amide bonds. The molecule has 1 fully saturated rings. The zero-order valence-electron chi connectivity index (χ0n) is 8.47. The van der Waals surface area contributed by atoms with Gasteiger partial charge in [-0.25, -0.2) is 0 Å². The zero-order chi connectivity index (χ0) is 11.7. The molecule has 1 aliphatic rings. The minimum Gasteiger partial charge on any atom is -0.391 e. The summed E-state index contributed by atoms with van der Waals surface area (Å²) < 4.78 is 0.683. The molecule has 0 bridgehead atoms. The molecule has 1 N–H and O–H groups in total. The molecule has 0 radical (unpaired) electrons. The SMILES string of the molecule is O=[N+]([O-])c1cc(Br)ccc1N1CCC(O)C1. The van der Waals surface area contributed by atoms with Gasteiger partial charge in [-0.2, -0.15) is 0 Å². The van der Waals surface area contributed by atoms with Crippen LogP contribution in [0.1, 0.15) is 6.42 Å². The van der Waals surface area contributed by atoms with Crippen LogP contribution in [0.15, 0.2) is 22.7 Å². The van der Waals surface area contributed by atoms with Crippen molar-refractivity contribution in [2.45, 2.75) is 12.5 Å². The number of aliphatic hydroxyl groups excluding tert-OH is 1. The molecule has 1 heterocycles. The molecule has 2 rings (SSSR count). The Morgan fingerprint density at radius 2 is 2.31 bits per heavy atom. The first kappa shape index (κ1) is 11.3. The van der Waals surface area contributed by atoms with Crippen molar-refractivity contribution in [3.63, 3.8) is 0 Å². The Morgan fingerprint density at radius 1 is 1.56 bits per heavy atom. The van der Waals surface area contributed by atoms with Crippen molar-refractivity contribution < 1.29 is 10.0 Å². The van der Waals surface area contributed by atoms with Crippen LogP contribution in [0.4, 0.5) is 11.4 Å². The Morgan fingerprint density at radius 3 is 2.88 bits per heavy atom. The summed E-state index contributed by atoms with van der Waals surface area (Å²) in [6.07, 6.45) is 0.274. The maximum Gasteiger partial charge on any atom is 0.293 e. The lowest BCUT2D eigenvalue weighted by Gasteiger charge is -2.17. The van der Waals surface area contributed by atoms with Crippen LogP contribution in [-0.4, -0.2) is 29.2 Å². The van der Waals surface area contributed by atoms with Crippen LogP contribution in [0.5, 0.6) is 0 Å². The Labute approximate surface area is 101 Å². The molecule has 1 saturated heterocycles. The first-order valence-corrected chi connectivity index (χ1v) is 5.74. The van der Waals surface area contributed by atoms with Gasteiger partial charge in [0.05, 0.1) is 11.0 Å². The van der Waals surface area contributed by atoms with E-state index in [-0.39, 0.29) is 11.8 Å². The molecule has 5 nitrogen and oxygen atoms in total. The number of hydrogen-bond acceptors (Lipinski definition) is 4. The van der Waals surface area contributed by atoms with E-state index in [4.69, 9.17) is 0 Å². The summed E-state index contributed by atoms with van der Waals surface area (Å²) >= 11 is 3.21. The monoisotopic (exact) mass is 286 g/mol. The van der Waals surface area contributed by atoms with E-state index in [0.717, 1.165) is 0 Å². The molecule has 1 atom stereocenters. The molecular weight excluding hydrogens is 276 g/mol. The third-order valence-corrected chi connectivity index (χ3v) is 3.13. The van der Waals surface area contributed by atoms with E-state index < -0.39 is 4.92 Å². The summed E-state index contributed by atoms with van der Waals surface area (Å²) in [5.74, 6) is 0. The molecule has 1 aromatic carbocycles. The first-order chi connectivity index (χ1) is 7.58. The van der Waals surface area contributed by atoms with E-state index in [1.165, 1.54) is 6.07 Å². The fourth-order valence-corrected chi connectivity index (χ4v) is 2.22. The van der Waals surface area contributed by atoms with E-state index >= 15 is 0 Å². The Hall–Kier alpha value is -1.14. The first-order valence-electron chi connectivity index (χ1n) is 4.95. The average molecular weight is 287 g/mol. The lowest BCUT2D eigenvalue weighted by atomic mass is 10.2. The van der Waals surface area contributed by atoms with Crippen LogP contribution >= 0.6 is 15.9 Å². The molecule has 16 heavy (non-hydrogen) atoms. The predicted molar refractivity (Wildman–Crippen MR) is 63.6 cm³/mol. The third kappa shape index (κ3) is 2.17. The highest BCUT2D eigenvalue weighted by Crippen LogP contribution is 2.33. The van der Waals surface area contributed by atoms with Crippen LogP contribution in [0.3, 0.4) is 0 Å². The van der Waals surface area contributed by atoms with Gasteiger partial charge in [-0.3, -0.25) is 10.1 Å². The second kappa shape index (κ2) is 4.39. The molecule has 0 saturated carbocycles. The molecule has 1 unspecified atom stereocenters. The van der Waals surface area contributed by atoms with E-state index in [9.17, 15) is 15.2 Å². The lowest BCUT2D eigenvalue weighted by molar-refractivity contribution is -0.384. The number of rotatable bonds is 2. The number of benzene rings is 1. The molecule has 1 aromatic rings. The maximum absolute atomic E-state index is 10.9. The molecule has 86 valence electrons. The molecule has 0 aliphatic carbocycles. The summed E-state index contributed by atoms with van der Waals surface area (Å²) in [6.45, 7) is 1.12. The largest absolute Gasteiger partial charge is 0.391 e. The highest BCUT2D eigenvalue weighted by atomic mass is 79.9.